The van der Waals surface area contributed by atoms with Crippen molar-refractivity contribution in [1.82, 2.24) is 20.1 Å². The number of hydrogen-bond donors (Lipinski definition) is 2. The summed E-state index contributed by atoms with van der Waals surface area (Å²) in [4.78, 5) is 43.9. The van der Waals surface area contributed by atoms with Crippen LogP contribution in [0.3, 0.4) is 0 Å². The minimum atomic E-state index is -0.496. The van der Waals surface area contributed by atoms with Crippen molar-refractivity contribution in [2.75, 3.05) is 39.9 Å². The lowest BCUT2D eigenvalue weighted by atomic mass is 10.1. The predicted octanol–water partition coefficient (Wildman–Crippen LogP) is 1.41. The van der Waals surface area contributed by atoms with Gasteiger partial charge in [0.1, 0.15) is 5.56 Å². The van der Waals surface area contributed by atoms with Gasteiger partial charge in [0.15, 0.2) is 0 Å². The van der Waals surface area contributed by atoms with E-state index in [0.717, 1.165) is 57.7 Å². The Morgan fingerprint density at radius 1 is 1.19 bits per heavy atom. The number of rotatable bonds is 8. The number of amides is 2. The average Bonchev–Trinajstić information content (AvgIpc) is 3.62. The summed E-state index contributed by atoms with van der Waals surface area (Å²) in [6.07, 6.45) is 4.22. The fraction of sp³-hybridized carbons (Fsp3) is 0.458. The second-order valence-corrected chi connectivity index (χ2v) is 8.56. The minimum Gasteiger partial charge on any atom is -0.379 e. The smallest absolute Gasteiger partial charge is 0.260 e. The van der Waals surface area contributed by atoms with E-state index < -0.39 is 11.5 Å². The largest absolute Gasteiger partial charge is 0.379 e. The molecular weight excluding hydrogens is 408 g/mol. The third kappa shape index (κ3) is 5.83. The number of benzene rings is 1. The van der Waals surface area contributed by atoms with E-state index >= 15 is 0 Å². The molecule has 1 saturated heterocycles. The Morgan fingerprint density at radius 3 is 2.69 bits per heavy atom. The van der Waals surface area contributed by atoms with Crippen LogP contribution in [0.1, 0.15) is 44.7 Å². The molecule has 2 aromatic rings. The molecule has 170 valence electrons. The number of morpholine rings is 1. The van der Waals surface area contributed by atoms with Crippen LogP contribution in [0.15, 0.2) is 41.3 Å². The number of aromatic nitrogens is 1. The van der Waals surface area contributed by atoms with Gasteiger partial charge in [0.2, 0.25) is 0 Å². The molecule has 1 aromatic carbocycles. The van der Waals surface area contributed by atoms with E-state index in [1.165, 1.54) is 22.7 Å². The molecule has 2 N–H and O–H groups in total. The van der Waals surface area contributed by atoms with E-state index in [0.29, 0.717) is 12.1 Å². The zero-order valence-electron chi connectivity index (χ0n) is 18.4. The number of pyridine rings is 1. The molecule has 2 fully saturated rings. The maximum Gasteiger partial charge on any atom is 0.260 e. The van der Waals surface area contributed by atoms with Crippen LogP contribution < -0.4 is 10.9 Å². The van der Waals surface area contributed by atoms with Crippen LogP contribution >= 0.6 is 0 Å². The second-order valence-electron chi connectivity index (χ2n) is 8.56. The maximum atomic E-state index is 13.0. The number of ether oxygens (including phenoxy) is 1. The lowest BCUT2D eigenvalue weighted by Gasteiger charge is -2.26. The van der Waals surface area contributed by atoms with Crippen LogP contribution in [0.5, 0.6) is 0 Å². The molecule has 8 heteroatoms. The Bertz CT molecular complexity index is 1020. The Balaban J connectivity index is 1.39. The van der Waals surface area contributed by atoms with Crippen molar-refractivity contribution in [3.05, 3.63) is 69.1 Å². The fourth-order valence-electron chi connectivity index (χ4n) is 3.82. The number of H-pyrrole nitrogens is 1. The lowest BCUT2D eigenvalue weighted by Crippen LogP contribution is -2.37. The highest BCUT2D eigenvalue weighted by atomic mass is 16.5. The average molecular weight is 439 g/mol. The van der Waals surface area contributed by atoms with E-state index in [9.17, 15) is 14.4 Å². The van der Waals surface area contributed by atoms with Gasteiger partial charge in [0.05, 0.1) is 18.8 Å². The summed E-state index contributed by atoms with van der Waals surface area (Å²) in [6.45, 7) is 4.85. The monoisotopic (exact) mass is 438 g/mol. The SMILES string of the molecule is CN(Cc1cccc(CCN2CCOCC2)c1)C(=O)c1cc(C(=O)NC2CC2)c[nH]c1=O. The molecule has 1 aliphatic carbocycles. The molecule has 1 aromatic heterocycles. The molecule has 0 radical (unpaired) electrons. The van der Waals surface area contributed by atoms with Crippen LogP contribution in [-0.4, -0.2) is 72.5 Å². The number of nitrogens with zero attached hydrogens (tertiary/aromatic N) is 2. The third-order valence-corrected chi connectivity index (χ3v) is 5.89. The van der Waals surface area contributed by atoms with E-state index in [1.54, 1.807) is 7.05 Å². The van der Waals surface area contributed by atoms with Gasteiger partial charge in [-0.25, -0.2) is 0 Å². The van der Waals surface area contributed by atoms with E-state index in [1.807, 2.05) is 12.1 Å². The van der Waals surface area contributed by atoms with Gasteiger partial charge in [0, 0.05) is 45.5 Å². The van der Waals surface area contributed by atoms with Crippen molar-refractivity contribution in [2.24, 2.45) is 0 Å². The highest BCUT2D eigenvalue weighted by Gasteiger charge is 2.25. The molecule has 1 saturated carbocycles. The van der Waals surface area contributed by atoms with Gasteiger partial charge in [-0.05, 0) is 36.5 Å². The quantitative estimate of drug-likeness (QED) is 0.650. The van der Waals surface area contributed by atoms with Crippen molar-refractivity contribution in [3.63, 3.8) is 0 Å². The van der Waals surface area contributed by atoms with Crippen molar-refractivity contribution < 1.29 is 14.3 Å². The Morgan fingerprint density at radius 2 is 1.94 bits per heavy atom. The van der Waals surface area contributed by atoms with Gasteiger partial charge >= 0.3 is 0 Å². The summed E-state index contributed by atoms with van der Waals surface area (Å²) in [7, 11) is 1.67. The molecule has 0 spiro atoms. The number of carbonyl (C=O) groups is 2. The van der Waals surface area contributed by atoms with Gasteiger partial charge in [-0.15, -0.1) is 0 Å². The molecule has 0 bridgehead atoms. The first-order valence-electron chi connectivity index (χ1n) is 11.2. The number of carbonyl (C=O) groups excluding carboxylic acids is 2. The Labute approximate surface area is 187 Å². The molecule has 2 aliphatic rings. The molecule has 8 nitrogen and oxygen atoms in total. The molecule has 32 heavy (non-hydrogen) atoms. The third-order valence-electron chi connectivity index (χ3n) is 5.89. The van der Waals surface area contributed by atoms with Gasteiger partial charge in [-0.1, -0.05) is 24.3 Å². The topological polar surface area (TPSA) is 94.7 Å². The van der Waals surface area contributed by atoms with Crippen LogP contribution in [0.2, 0.25) is 0 Å². The van der Waals surface area contributed by atoms with Gasteiger partial charge in [0.25, 0.3) is 17.4 Å². The van der Waals surface area contributed by atoms with Crippen LogP contribution in [-0.2, 0) is 17.7 Å². The van der Waals surface area contributed by atoms with E-state index in [4.69, 9.17) is 4.74 Å². The van der Waals surface area contributed by atoms with Crippen LogP contribution in [0.4, 0.5) is 0 Å². The molecule has 0 atom stereocenters. The summed E-state index contributed by atoms with van der Waals surface area (Å²) in [5.74, 6) is -0.681. The zero-order valence-corrected chi connectivity index (χ0v) is 18.4. The summed E-state index contributed by atoms with van der Waals surface area (Å²) in [6, 6.07) is 9.76. The standard InChI is InChI=1S/C24H30N4O4/c1-27(16-18-4-2-3-17(13-18)7-8-28-9-11-32-12-10-28)24(31)21-14-19(15-25-23(21)30)22(29)26-20-5-6-20/h2-4,13-15,20H,5-12,16H2,1H3,(H,25,30)(H,26,29). The molecule has 2 amide bonds. The second kappa shape index (κ2) is 10.1. The Hall–Kier alpha value is -2.97. The van der Waals surface area contributed by atoms with Crippen molar-refractivity contribution in [1.29, 1.82) is 0 Å². The highest BCUT2D eigenvalue weighted by Crippen LogP contribution is 2.19. The minimum absolute atomic E-state index is 0.0283. The first-order valence-corrected chi connectivity index (χ1v) is 11.2. The zero-order chi connectivity index (χ0) is 22.5. The fourth-order valence-corrected chi connectivity index (χ4v) is 3.82. The molecular formula is C24H30N4O4. The van der Waals surface area contributed by atoms with E-state index in [2.05, 4.69) is 27.3 Å². The van der Waals surface area contributed by atoms with Crippen molar-refractivity contribution >= 4 is 11.8 Å². The predicted molar refractivity (Wildman–Crippen MR) is 121 cm³/mol. The molecule has 1 aliphatic heterocycles. The van der Waals surface area contributed by atoms with Gasteiger partial charge in [-0.3, -0.25) is 19.3 Å². The summed E-state index contributed by atoms with van der Waals surface area (Å²) in [5.41, 5.74) is 1.98. The normalized spacial score (nSPS) is 16.5. The van der Waals surface area contributed by atoms with Gasteiger partial charge < -0.3 is 19.9 Å². The number of aromatic amines is 1. The molecule has 2 heterocycles. The summed E-state index contributed by atoms with van der Waals surface area (Å²) < 4.78 is 5.40. The van der Waals surface area contributed by atoms with Crippen LogP contribution in [0, 0.1) is 0 Å². The Kier molecular flexibility index (Phi) is 7.02. The first-order chi connectivity index (χ1) is 15.5. The van der Waals surface area contributed by atoms with Crippen molar-refractivity contribution in [2.45, 2.75) is 31.8 Å². The maximum absolute atomic E-state index is 13.0. The molecule has 4 rings (SSSR count). The highest BCUT2D eigenvalue weighted by molar-refractivity contribution is 5.99. The summed E-state index contributed by atoms with van der Waals surface area (Å²) in [5, 5.41) is 2.87. The molecule has 0 unspecified atom stereocenters. The van der Waals surface area contributed by atoms with Crippen LogP contribution in [0.25, 0.3) is 0 Å². The van der Waals surface area contributed by atoms with E-state index in [-0.39, 0.29) is 17.5 Å². The van der Waals surface area contributed by atoms with Crippen molar-refractivity contribution in [3.8, 4) is 0 Å². The van der Waals surface area contributed by atoms with Gasteiger partial charge in [-0.2, -0.15) is 0 Å². The summed E-state index contributed by atoms with van der Waals surface area (Å²) >= 11 is 0. The number of hydrogen-bond acceptors (Lipinski definition) is 5. The first kappa shape index (κ1) is 22.2. The number of nitrogens with one attached hydrogen (secondary N) is 2. The lowest BCUT2D eigenvalue weighted by molar-refractivity contribution is 0.0384.